The maximum atomic E-state index is 6.19. The van der Waals surface area contributed by atoms with E-state index in [1.54, 1.807) is 0 Å². The molecule has 1 saturated heterocycles. The van der Waals surface area contributed by atoms with Gasteiger partial charge in [-0.05, 0) is 31.2 Å². The lowest BCUT2D eigenvalue weighted by Crippen LogP contribution is -2.32. The molecule has 2 fully saturated rings. The van der Waals surface area contributed by atoms with Crippen LogP contribution in [0.4, 0.5) is 11.4 Å². The number of anilines is 2. The molecule has 3 nitrogen and oxygen atoms in total. The second kappa shape index (κ2) is 3.61. The van der Waals surface area contributed by atoms with Gasteiger partial charge in [0, 0.05) is 18.0 Å². The summed E-state index contributed by atoms with van der Waals surface area (Å²) >= 11 is 0. The fraction of sp³-hybridized carbons (Fsp3) is 0.400. The number of hydrogen-bond acceptors (Lipinski definition) is 3. The summed E-state index contributed by atoms with van der Waals surface area (Å²) in [5, 5.41) is 1.20. The first-order valence-corrected chi connectivity index (χ1v) is 6.73. The average Bonchev–Trinajstić information content (AvgIpc) is 3.01. The van der Waals surface area contributed by atoms with Crippen LogP contribution in [-0.4, -0.2) is 17.6 Å². The molecule has 1 aliphatic carbocycles. The SMILES string of the molecule is Nc1cnc2ccccc2c1N1CC2CCC1C2. The van der Waals surface area contributed by atoms with Crippen LogP contribution < -0.4 is 10.6 Å². The maximum Gasteiger partial charge on any atom is 0.0745 e. The minimum atomic E-state index is 0.697. The van der Waals surface area contributed by atoms with Crippen LogP contribution >= 0.6 is 0 Å². The van der Waals surface area contributed by atoms with E-state index >= 15 is 0 Å². The van der Waals surface area contributed by atoms with Gasteiger partial charge in [0.25, 0.3) is 0 Å². The average molecular weight is 239 g/mol. The van der Waals surface area contributed by atoms with Gasteiger partial charge in [0.2, 0.25) is 0 Å². The summed E-state index contributed by atoms with van der Waals surface area (Å²) in [6, 6.07) is 9.00. The molecule has 2 heterocycles. The fourth-order valence-electron chi connectivity index (χ4n) is 3.66. The first kappa shape index (κ1) is 10.2. The Morgan fingerprint density at radius 3 is 2.89 bits per heavy atom. The van der Waals surface area contributed by atoms with Gasteiger partial charge in [0.05, 0.1) is 23.1 Å². The van der Waals surface area contributed by atoms with Crippen LogP contribution in [0.5, 0.6) is 0 Å². The number of fused-ring (bicyclic) bond motifs is 3. The lowest BCUT2D eigenvalue weighted by Gasteiger charge is -2.31. The molecule has 18 heavy (non-hydrogen) atoms. The summed E-state index contributed by atoms with van der Waals surface area (Å²) in [6.07, 6.45) is 5.87. The van der Waals surface area contributed by atoms with Gasteiger partial charge in [0.15, 0.2) is 0 Å². The minimum Gasteiger partial charge on any atom is -0.396 e. The van der Waals surface area contributed by atoms with E-state index in [0.29, 0.717) is 6.04 Å². The topological polar surface area (TPSA) is 42.1 Å². The van der Waals surface area contributed by atoms with E-state index < -0.39 is 0 Å². The number of hydrogen-bond donors (Lipinski definition) is 1. The Balaban J connectivity index is 1.91. The van der Waals surface area contributed by atoms with Gasteiger partial charge < -0.3 is 10.6 Å². The van der Waals surface area contributed by atoms with Crippen molar-refractivity contribution in [3.63, 3.8) is 0 Å². The molecule has 3 heteroatoms. The third-order valence-corrected chi connectivity index (χ3v) is 4.47. The molecule has 1 aromatic heterocycles. The summed E-state index contributed by atoms with van der Waals surface area (Å²) in [7, 11) is 0. The molecule has 1 aliphatic heterocycles. The van der Waals surface area contributed by atoms with Crippen molar-refractivity contribution in [2.45, 2.75) is 25.3 Å². The van der Waals surface area contributed by atoms with Crippen molar-refractivity contribution >= 4 is 22.3 Å². The molecule has 2 unspecified atom stereocenters. The molecule has 2 N–H and O–H groups in total. The predicted octanol–water partition coefficient (Wildman–Crippen LogP) is 2.81. The second-order valence-electron chi connectivity index (χ2n) is 5.56. The Morgan fingerprint density at radius 2 is 2.11 bits per heavy atom. The molecule has 2 atom stereocenters. The highest BCUT2D eigenvalue weighted by molar-refractivity contribution is 5.97. The first-order chi connectivity index (χ1) is 8.83. The van der Waals surface area contributed by atoms with Gasteiger partial charge in [-0.3, -0.25) is 4.98 Å². The van der Waals surface area contributed by atoms with E-state index in [4.69, 9.17) is 5.73 Å². The van der Waals surface area contributed by atoms with E-state index in [2.05, 4.69) is 28.1 Å². The number of benzene rings is 1. The van der Waals surface area contributed by atoms with E-state index in [1.165, 1.54) is 36.9 Å². The van der Waals surface area contributed by atoms with Gasteiger partial charge in [-0.15, -0.1) is 0 Å². The largest absolute Gasteiger partial charge is 0.396 e. The highest BCUT2D eigenvalue weighted by Crippen LogP contribution is 2.44. The quantitative estimate of drug-likeness (QED) is 0.832. The van der Waals surface area contributed by atoms with E-state index in [-0.39, 0.29) is 0 Å². The summed E-state index contributed by atoms with van der Waals surface area (Å²) in [5.41, 5.74) is 9.28. The van der Waals surface area contributed by atoms with Crippen molar-refractivity contribution in [2.75, 3.05) is 17.2 Å². The third-order valence-electron chi connectivity index (χ3n) is 4.47. The Kier molecular flexibility index (Phi) is 2.04. The molecular formula is C15H17N3. The molecule has 2 aliphatic rings. The van der Waals surface area contributed by atoms with E-state index in [1.807, 2.05) is 12.3 Å². The molecule has 2 aromatic rings. The molecule has 0 spiro atoms. The smallest absolute Gasteiger partial charge is 0.0745 e. The van der Waals surface area contributed by atoms with Crippen molar-refractivity contribution in [1.29, 1.82) is 0 Å². The van der Waals surface area contributed by atoms with Crippen LogP contribution in [0, 0.1) is 5.92 Å². The molecule has 4 rings (SSSR count). The number of aromatic nitrogens is 1. The number of nitrogen functional groups attached to an aromatic ring is 1. The van der Waals surface area contributed by atoms with Gasteiger partial charge in [-0.2, -0.15) is 0 Å². The van der Waals surface area contributed by atoms with E-state index in [9.17, 15) is 0 Å². The normalized spacial score (nSPS) is 26.1. The summed E-state index contributed by atoms with van der Waals surface area (Å²) < 4.78 is 0. The number of piperidine rings is 1. The predicted molar refractivity (Wildman–Crippen MR) is 74.6 cm³/mol. The Labute approximate surface area is 107 Å². The fourth-order valence-corrected chi connectivity index (χ4v) is 3.66. The second-order valence-corrected chi connectivity index (χ2v) is 5.56. The van der Waals surface area contributed by atoms with Crippen LogP contribution in [0.1, 0.15) is 19.3 Å². The van der Waals surface area contributed by atoms with Crippen molar-refractivity contribution in [3.8, 4) is 0 Å². The van der Waals surface area contributed by atoms with Crippen LogP contribution in [0.25, 0.3) is 10.9 Å². The van der Waals surface area contributed by atoms with Crippen molar-refractivity contribution in [2.24, 2.45) is 5.92 Å². The third kappa shape index (κ3) is 1.33. The Hall–Kier alpha value is -1.77. The number of rotatable bonds is 1. The lowest BCUT2D eigenvalue weighted by molar-refractivity contribution is 0.555. The van der Waals surface area contributed by atoms with Gasteiger partial charge in [-0.25, -0.2) is 0 Å². The van der Waals surface area contributed by atoms with Crippen molar-refractivity contribution in [1.82, 2.24) is 4.98 Å². The van der Waals surface area contributed by atoms with E-state index in [0.717, 1.165) is 17.1 Å². The first-order valence-electron chi connectivity index (χ1n) is 6.73. The monoisotopic (exact) mass is 239 g/mol. The zero-order chi connectivity index (χ0) is 12.1. The van der Waals surface area contributed by atoms with Gasteiger partial charge in [0.1, 0.15) is 0 Å². The van der Waals surface area contributed by atoms with Crippen molar-refractivity contribution in [3.05, 3.63) is 30.5 Å². The standard InChI is InChI=1S/C15H17N3/c16-13-8-17-14-4-2-1-3-12(14)15(13)18-9-10-5-6-11(18)7-10/h1-4,8,10-11H,5-7,9,16H2. The lowest BCUT2D eigenvalue weighted by atomic mass is 10.1. The highest BCUT2D eigenvalue weighted by atomic mass is 15.2. The number of para-hydroxylation sites is 1. The number of pyridine rings is 1. The van der Waals surface area contributed by atoms with Crippen LogP contribution in [-0.2, 0) is 0 Å². The molecule has 0 radical (unpaired) electrons. The van der Waals surface area contributed by atoms with Crippen molar-refractivity contribution < 1.29 is 0 Å². The summed E-state index contributed by atoms with van der Waals surface area (Å²) in [6.45, 7) is 1.17. The maximum absolute atomic E-state index is 6.19. The van der Waals surface area contributed by atoms with Gasteiger partial charge in [-0.1, -0.05) is 18.2 Å². The molecule has 92 valence electrons. The number of nitrogens with two attached hydrogens (primary N) is 1. The number of nitrogens with zero attached hydrogens (tertiary/aromatic N) is 2. The summed E-state index contributed by atoms with van der Waals surface area (Å²) in [5.74, 6) is 0.876. The zero-order valence-electron chi connectivity index (χ0n) is 10.3. The molecule has 1 saturated carbocycles. The van der Waals surface area contributed by atoms with Crippen LogP contribution in [0.2, 0.25) is 0 Å². The van der Waals surface area contributed by atoms with Gasteiger partial charge >= 0.3 is 0 Å². The summed E-state index contributed by atoms with van der Waals surface area (Å²) in [4.78, 5) is 6.94. The Morgan fingerprint density at radius 1 is 1.22 bits per heavy atom. The zero-order valence-corrected chi connectivity index (χ0v) is 10.3. The Bertz CT molecular complexity index is 608. The molecular weight excluding hydrogens is 222 g/mol. The molecule has 0 amide bonds. The minimum absolute atomic E-state index is 0.697. The molecule has 1 aromatic carbocycles. The molecule has 2 bridgehead atoms. The van der Waals surface area contributed by atoms with Crippen LogP contribution in [0.3, 0.4) is 0 Å². The highest BCUT2D eigenvalue weighted by Gasteiger charge is 2.38. The van der Waals surface area contributed by atoms with Crippen LogP contribution in [0.15, 0.2) is 30.5 Å².